The summed E-state index contributed by atoms with van der Waals surface area (Å²) in [4.78, 5) is 0. The fourth-order valence-electron chi connectivity index (χ4n) is 1.88. The summed E-state index contributed by atoms with van der Waals surface area (Å²) in [6, 6.07) is 6.48. The molecule has 2 rings (SSSR count). The second-order valence-electron chi connectivity index (χ2n) is 3.94. The molecule has 1 aromatic carbocycles. The molecule has 102 valence electrons. The van der Waals surface area contributed by atoms with Gasteiger partial charge in [0, 0.05) is 5.02 Å². The molecule has 0 fully saturated rings. The highest BCUT2D eigenvalue weighted by Gasteiger charge is 2.20. The molecule has 0 saturated heterocycles. The molecule has 0 aliphatic rings. The van der Waals surface area contributed by atoms with Crippen LogP contribution in [0.15, 0.2) is 31.8 Å². The van der Waals surface area contributed by atoms with Crippen LogP contribution >= 0.6 is 54.8 Å². The van der Waals surface area contributed by atoms with Crippen molar-refractivity contribution in [2.45, 2.75) is 13.0 Å². The molecular weight excluding hydrogens is 416 g/mol. The van der Waals surface area contributed by atoms with Gasteiger partial charge in [0.25, 0.3) is 0 Å². The second kappa shape index (κ2) is 6.68. The van der Waals surface area contributed by atoms with Gasteiger partial charge in [0.2, 0.25) is 0 Å². The van der Waals surface area contributed by atoms with Crippen LogP contribution < -0.4 is 5.32 Å². The largest absolute Gasteiger partial charge is 0.306 e. The molecule has 2 aromatic rings. The predicted octanol–water partition coefficient (Wildman–Crippen LogP) is 5.76. The van der Waals surface area contributed by atoms with Gasteiger partial charge >= 0.3 is 0 Å². The number of hydrogen-bond acceptors (Lipinski definition) is 2. The first-order chi connectivity index (χ1) is 9.02. The summed E-state index contributed by atoms with van der Waals surface area (Å²) in [5.74, 6) is -0.324. The number of rotatable bonds is 4. The third kappa shape index (κ3) is 3.58. The molecule has 0 aliphatic carbocycles. The Labute approximate surface area is 137 Å². The predicted molar refractivity (Wildman–Crippen MR) is 86.6 cm³/mol. The Kier molecular flexibility index (Phi) is 5.43. The third-order valence-corrected chi connectivity index (χ3v) is 5.39. The minimum Gasteiger partial charge on any atom is -0.306 e. The van der Waals surface area contributed by atoms with Crippen LogP contribution in [0, 0.1) is 5.82 Å². The lowest BCUT2D eigenvalue weighted by Crippen LogP contribution is -2.22. The van der Waals surface area contributed by atoms with Gasteiger partial charge in [0.15, 0.2) is 0 Å². The van der Waals surface area contributed by atoms with Crippen molar-refractivity contribution in [3.63, 3.8) is 0 Å². The minimum absolute atomic E-state index is 0.0602. The molecule has 1 N–H and O–H groups in total. The highest BCUT2D eigenvalue weighted by molar-refractivity contribution is 9.12. The lowest BCUT2D eigenvalue weighted by molar-refractivity contribution is 0.614. The molecule has 19 heavy (non-hydrogen) atoms. The Morgan fingerprint density at radius 1 is 1.32 bits per heavy atom. The van der Waals surface area contributed by atoms with E-state index < -0.39 is 0 Å². The van der Waals surface area contributed by atoms with Crippen molar-refractivity contribution in [3.8, 4) is 0 Å². The second-order valence-corrected chi connectivity index (χ2v) is 8.09. The van der Waals surface area contributed by atoms with Crippen molar-refractivity contribution in [3.05, 3.63) is 53.8 Å². The topological polar surface area (TPSA) is 12.0 Å². The normalized spacial score (nSPS) is 12.7. The van der Waals surface area contributed by atoms with E-state index in [1.54, 1.807) is 17.4 Å². The zero-order chi connectivity index (χ0) is 14.0. The van der Waals surface area contributed by atoms with E-state index in [-0.39, 0.29) is 11.9 Å². The van der Waals surface area contributed by atoms with Crippen LogP contribution in [0.5, 0.6) is 0 Å². The fraction of sp³-hybridized carbons (Fsp3) is 0.231. The van der Waals surface area contributed by atoms with Crippen molar-refractivity contribution in [2.24, 2.45) is 0 Å². The van der Waals surface area contributed by atoms with Gasteiger partial charge in [-0.15, -0.1) is 11.3 Å². The molecular formula is C13H11Br2ClFNS. The quantitative estimate of drug-likeness (QED) is 0.654. The maximum atomic E-state index is 13.2. The van der Waals surface area contributed by atoms with Crippen LogP contribution in [0.2, 0.25) is 5.02 Å². The number of hydrogen-bond donors (Lipinski definition) is 1. The van der Waals surface area contributed by atoms with Gasteiger partial charge in [0.05, 0.1) is 13.6 Å². The molecule has 1 unspecified atom stereocenters. The molecule has 6 heteroatoms. The third-order valence-electron chi connectivity index (χ3n) is 2.68. The number of halogens is 4. The van der Waals surface area contributed by atoms with Gasteiger partial charge in [0.1, 0.15) is 5.82 Å². The van der Waals surface area contributed by atoms with Crippen molar-refractivity contribution in [1.29, 1.82) is 0 Å². The van der Waals surface area contributed by atoms with Crippen molar-refractivity contribution in [2.75, 3.05) is 6.54 Å². The first kappa shape index (κ1) is 15.4. The van der Waals surface area contributed by atoms with Gasteiger partial charge in [-0.25, -0.2) is 4.39 Å². The van der Waals surface area contributed by atoms with Crippen molar-refractivity contribution in [1.82, 2.24) is 5.32 Å². The van der Waals surface area contributed by atoms with Crippen LogP contribution in [0.3, 0.4) is 0 Å². The molecule has 1 aromatic heterocycles. The molecule has 0 bridgehead atoms. The molecule has 1 atom stereocenters. The van der Waals surface area contributed by atoms with Crippen LogP contribution in [0.1, 0.15) is 24.1 Å². The Bertz CT molecular complexity index is 588. The van der Waals surface area contributed by atoms with Crippen LogP contribution in [-0.4, -0.2) is 6.54 Å². The summed E-state index contributed by atoms with van der Waals surface area (Å²) >= 11 is 14.8. The van der Waals surface area contributed by atoms with E-state index in [1.165, 1.54) is 12.1 Å². The standard InChI is InChI=1S/C13H11Br2ClFNS/c1-2-18-12(9-6-11(14)19-13(9)15)8-4-3-7(17)5-10(8)16/h3-6,12,18H,2H2,1H3. The zero-order valence-electron chi connectivity index (χ0n) is 10.0. The van der Waals surface area contributed by atoms with Crippen LogP contribution in [0.25, 0.3) is 0 Å². The van der Waals surface area contributed by atoms with E-state index in [0.717, 1.165) is 25.2 Å². The summed E-state index contributed by atoms with van der Waals surface area (Å²) in [6.45, 7) is 2.82. The van der Waals surface area contributed by atoms with Gasteiger partial charge in [-0.1, -0.05) is 24.6 Å². The summed E-state index contributed by atoms with van der Waals surface area (Å²) < 4.78 is 15.2. The van der Waals surface area contributed by atoms with Gasteiger partial charge in [-0.2, -0.15) is 0 Å². The zero-order valence-corrected chi connectivity index (χ0v) is 14.8. The summed E-state index contributed by atoms with van der Waals surface area (Å²) in [5.41, 5.74) is 1.96. The van der Waals surface area contributed by atoms with Crippen molar-refractivity contribution >= 4 is 54.8 Å². The Morgan fingerprint density at radius 3 is 2.58 bits per heavy atom. The maximum Gasteiger partial charge on any atom is 0.124 e. The first-order valence-corrected chi connectivity index (χ1v) is 8.44. The lowest BCUT2D eigenvalue weighted by atomic mass is 10.0. The van der Waals surface area contributed by atoms with E-state index >= 15 is 0 Å². The average molecular weight is 428 g/mol. The lowest BCUT2D eigenvalue weighted by Gasteiger charge is -2.19. The molecule has 1 heterocycles. The molecule has 1 nitrogen and oxygen atoms in total. The summed E-state index contributed by atoms with van der Waals surface area (Å²) in [6.07, 6.45) is 0. The smallest absolute Gasteiger partial charge is 0.124 e. The fourth-order valence-corrected chi connectivity index (χ4v) is 5.06. The SMILES string of the molecule is CCNC(c1ccc(F)cc1Cl)c1cc(Br)sc1Br. The molecule has 0 spiro atoms. The van der Waals surface area contributed by atoms with Crippen molar-refractivity contribution < 1.29 is 4.39 Å². The first-order valence-electron chi connectivity index (χ1n) is 5.66. The Morgan fingerprint density at radius 2 is 2.05 bits per heavy atom. The Balaban J connectivity index is 2.48. The van der Waals surface area contributed by atoms with Gasteiger partial charge in [-0.05, 0) is 67.7 Å². The van der Waals surface area contributed by atoms with Crippen LogP contribution in [-0.2, 0) is 0 Å². The number of nitrogens with one attached hydrogen (secondary N) is 1. The molecule has 0 radical (unpaired) electrons. The number of thiophene rings is 1. The Hall–Kier alpha value is 0.0600. The monoisotopic (exact) mass is 425 g/mol. The van der Waals surface area contributed by atoms with Crippen LogP contribution in [0.4, 0.5) is 4.39 Å². The van der Waals surface area contributed by atoms with E-state index in [1.807, 2.05) is 13.0 Å². The highest BCUT2D eigenvalue weighted by atomic mass is 79.9. The van der Waals surface area contributed by atoms with E-state index in [9.17, 15) is 4.39 Å². The summed E-state index contributed by atoms with van der Waals surface area (Å²) in [7, 11) is 0. The molecule has 0 amide bonds. The van der Waals surface area contributed by atoms with E-state index in [2.05, 4.69) is 37.2 Å². The van der Waals surface area contributed by atoms with Gasteiger partial charge in [-0.3, -0.25) is 0 Å². The highest BCUT2D eigenvalue weighted by Crippen LogP contribution is 2.39. The van der Waals surface area contributed by atoms with Gasteiger partial charge < -0.3 is 5.32 Å². The minimum atomic E-state index is -0.324. The molecule has 0 saturated carbocycles. The number of benzene rings is 1. The summed E-state index contributed by atoms with van der Waals surface area (Å²) in [5, 5.41) is 3.81. The average Bonchev–Trinajstić information content (AvgIpc) is 2.66. The van der Waals surface area contributed by atoms with E-state index in [4.69, 9.17) is 11.6 Å². The molecule has 0 aliphatic heterocycles. The van der Waals surface area contributed by atoms with E-state index in [0.29, 0.717) is 5.02 Å². The maximum absolute atomic E-state index is 13.2.